The first-order chi connectivity index (χ1) is 13.7. The van der Waals surface area contributed by atoms with Gasteiger partial charge >= 0.3 is 0 Å². The Morgan fingerprint density at radius 1 is 1.14 bits per heavy atom. The average molecular weight is 459 g/mol. The Morgan fingerprint density at radius 3 is 2.48 bits per heavy atom. The van der Waals surface area contributed by atoms with E-state index in [2.05, 4.69) is 15.9 Å². The lowest BCUT2D eigenvalue weighted by Crippen LogP contribution is -2.51. The molecule has 0 radical (unpaired) electrons. The van der Waals surface area contributed by atoms with E-state index in [0.717, 1.165) is 28.6 Å². The van der Waals surface area contributed by atoms with Gasteiger partial charge in [0.25, 0.3) is 0 Å². The maximum atomic E-state index is 13.6. The van der Waals surface area contributed by atoms with Crippen LogP contribution in [0.5, 0.6) is 0 Å². The molecule has 1 aromatic carbocycles. The molecular weight excluding hydrogens is 432 g/mol. The number of anilines is 1. The zero-order chi connectivity index (χ0) is 21.1. The predicted octanol–water partition coefficient (Wildman–Crippen LogP) is 4.05. The first-order valence-electron chi connectivity index (χ1n) is 10.3. The fourth-order valence-corrected chi connectivity index (χ4v) is 5.26. The number of likely N-dealkylation sites (tertiary alicyclic amines) is 1. The van der Waals surface area contributed by atoms with Crippen molar-refractivity contribution in [3.05, 3.63) is 34.3 Å². The van der Waals surface area contributed by atoms with Gasteiger partial charge in [0.1, 0.15) is 6.04 Å². The number of benzene rings is 1. The summed E-state index contributed by atoms with van der Waals surface area (Å²) in [6.07, 6.45) is 5.70. The van der Waals surface area contributed by atoms with Crippen LogP contribution < -0.4 is 4.90 Å². The summed E-state index contributed by atoms with van der Waals surface area (Å²) in [7, 11) is 0. The minimum atomic E-state index is -0.627. The Kier molecular flexibility index (Phi) is 4.96. The lowest BCUT2D eigenvalue weighted by Gasteiger charge is -2.38. The van der Waals surface area contributed by atoms with Crippen LogP contribution in [0.3, 0.4) is 0 Å². The number of imide groups is 1. The molecule has 154 valence electrons. The number of amides is 2. The minimum Gasteiger partial charge on any atom is -0.353 e. The van der Waals surface area contributed by atoms with Gasteiger partial charge in [-0.05, 0) is 30.2 Å². The second kappa shape index (κ2) is 7.08. The van der Waals surface area contributed by atoms with Gasteiger partial charge in [0, 0.05) is 22.1 Å². The Labute approximate surface area is 180 Å². The molecule has 2 amide bonds. The third-order valence-corrected chi connectivity index (χ3v) is 6.80. The van der Waals surface area contributed by atoms with Crippen molar-refractivity contribution in [3.63, 3.8) is 0 Å². The molecule has 2 fully saturated rings. The molecule has 0 N–H and O–H groups in total. The third-order valence-electron chi connectivity index (χ3n) is 6.30. The van der Waals surface area contributed by atoms with Crippen molar-refractivity contribution < 1.29 is 14.4 Å². The van der Waals surface area contributed by atoms with E-state index in [1.165, 1.54) is 4.90 Å². The third kappa shape index (κ3) is 3.07. The SMILES string of the molecule is CCCCN1C(=O)[C@@H]2[C@H](C1=O)[C@@H](C(=O)C(C)(C)C)N1c3ccc(Br)cc3C=C[C@H]21. The number of ketones is 1. The fourth-order valence-electron chi connectivity index (χ4n) is 4.89. The summed E-state index contributed by atoms with van der Waals surface area (Å²) < 4.78 is 0.954. The highest BCUT2D eigenvalue weighted by molar-refractivity contribution is 9.10. The standard InChI is InChI=1S/C23H27BrN2O3/c1-5-6-11-25-21(28)17-16-9-7-13-12-14(24)8-10-15(13)26(16)19(18(17)22(25)29)20(27)23(2,3)4/h7-10,12,16-19H,5-6,11H2,1-4H3/t16-,17+,18+,19+/m1/s1. The maximum Gasteiger partial charge on any atom is 0.235 e. The van der Waals surface area contributed by atoms with Crippen LogP contribution in [0.1, 0.15) is 46.1 Å². The maximum absolute atomic E-state index is 13.6. The molecule has 3 aliphatic heterocycles. The van der Waals surface area contributed by atoms with E-state index in [1.54, 1.807) is 0 Å². The molecule has 0 aliphatic carbocycles. The summed E-state index contributed by atoms with van der Waals surface area (Å²) in [5, 5.41) is 0. The molecule has 0 saturated carbocycles. The van der Waals surface area contributed by atoms with Crippen molar-refractivity contribution in [2.75, 3.05) is 11.4 Å². The molecule has 4 rings (SSSR count). The van der Waals surface area contributed by atoms with Gasteiger partial charge in [-0.25, -0.2) is 0 Å². The van der Waals surface area contributed by atoms with Crippen LogP contribution in [0.15, 0.2) is 28.7 Å². The van der Waals surface area contributed by atoms with Crippen LogP contribution >= 0.6 is 15.9 Å². The highest BCUT2D eigenvalue weighted by Crippen LogP contribution is 2.50. The van der Waals surface area contributed by atoms with Crippen molar-refractivity contribution >= 4 is 45.3 Å². The summed E-state index contributed by atoms with van der Waals surface area (Å²) in [4.78, 5) is 43.6. The summed E-state index contributed by atoms with van der Waals surface area (Å²) in [6.45, 7) is 8.14. The zero-order valence-corrected chi connectivity index (χ0v) is 18.9. The summed E-state index contributed by atoms with van der Waals surface area (Å²) >= 11 is 3.50. The van der Waals surface area contributed by atoms with Gasteiger partial charge in [-0.3, -0.25) is 19.3 Å². The van der Waals surface area contributed by atoms with Crippen molar-refractivity contribution in [3.8, 4) is 0 Å². The van der Waals surface area contributed by atoms with Crippen molar-refractivity contribution in [1.82, 2.24) is 4.90 Å². The molecule has 5 nitrogen and oxygen atoms in total. The number of carbonyl (C=O) groups is 3. The lowest BCUT2D eigenvalue weighted by molar-refractivity contribution is -0.142. The number of Topliss-reactive ketones (excluding diaryl/α,β-unsaturated/α-hetero) is 1. The van der Waals surface area contributed by atoms with E-state index in [0.29, 0.717) is 6.54 Å². The molecule has 3 aliphatic rings. The fraction of sp³-hybridized carbons (Fsp3) is 0.522. The Bertz CT molecular complexity index is 917. The Morgan fingerprint density at radius 2 is 1.83 bits per heavy atom. The molecule has 6 heteroatoms. The first kappa shape index (κ1) is 20.3. The highest BCUT2D eigenvalue weighted by Gasteiger charge is 2.64. The first-order valence-corrected chi connectivity index (χ1v) is 11.1. The molecule has 1 aromatic rings. The Hall–Kier alpha value is -1.95. The van der Waals surface area contributed by atoms with Gasteiger partial charge in [0.15, 0.2) is 5.78 Å². The average Bonchev–Trinajstić information content (AvgIpc) is 3.12. The van der Waals surface area contributed by atoms with Gasteiger partial charge in [0.2, 0.25) is 11.8 Å². The van der Waals surface area contributed by atoms with Crippen LogP contribution in [-0.4, -0.2) is 41.1 Å². The quantitative estimate of drug-likeness (QED) is 0.638. The second-order valence-corrected chi connectivity index (χ2v) is 10.2. The number of fused-ring (bicyclic) bond motifs is 5. The molecule has 3 heterocycles. The molecule has 0 unspecified atom stereocenters. The highest BCUT2D eigenvalue weighted by atomic mass is 79.9. The number of hydrogen-bond donors (Lipinski definition) is 0. The molecule has 4 atom stereocenters. The van der Waals surface area contributed by atoms with Gasteiger partial charge in [-0.1, -0.05) is 62.2 Å². The monoisotopic (exact) mass is 458 g/mol. The molecule has 0 aromatic heterocycles. The molecule has 0 bridgehead atoms. The van der Waals surface area contributed by atoms with E-state index in [-0.39, 0.29) is 23.6 Å². The van der Waals surface area contributed by atoms with E-state index < -0.39 is 23.3 Å². The summed E-state index contributed by atoms with van der Waals surface area (Å²) in [6, 6.07) is 5.03. The van der Waals surface area contributed by atoms with Crippen molar-refractivity contribution in [2.24, 2.45) is 17.3 Å². The van der Waals surface area contributed by atoms with Crippen LogP contribution in [0.2, 0.25) is 0 Å². The lowest BCUT2D eigenvalue weighted by atomic mass is 9.79. The predicted molar refractivity (Wildman–Crippen MR) is 116 cm³/mol. The van der Waals surface area contributed by atoms with E-state index >= 15 is 0 Å². The van der Waals surface area contributed by atoms with E-state index in [4.69, 9.17) is 0 Å². The summed E-state index contributed by atoms with van der Waals surface area (Å²) in [5.41, 5.74) is 1.30. The topological polar surface area (TPSA) is 57.7 Å². The van der Waals surface area contributed by atoms with Crippen LogP contribution in [0.4, 0.5) is 5.69 Å². The van der Waals surface area contributed by atoms with E-state index in [9.17, 15) is 14.4 Å². The number of rotatable bonds is 4. The summed E-state index contributed by atoms with van der Waals surface area (Å²) in [5.74, 6) is -1.41. The molecule has 29 heavy (non-hydrogen) atoms. The largest absolute Gasteiger partial charge is 0.353 e. The normalized spacial score (nSPS) is 27.9. The number of halogens is 1. The van der Waals surface area contributed by atoms with Crippen LogP contribution in [0, 0.1) is 17.3 Å². The number of carbonyl (C=O) groups excluding carboxylic acids is 3. The van der Waals surface area contributed by atoms with Crippen LogP contribution in [-0.2, 0) is 14.4 Å². The number of hydrogen-bond acceptors (Lipinski definition) is 4. The van der Waals surface area contributed by atoms with Gasteiger partial charge in [0.05, 0.1) is 17.9 Å². The van der Waals surface area contributed by atoms with Crippen molar-refractivity contribution in [2.45, 2.75) is 52.6 Å². The van der Waals surface area contributed by atoms with Gasteiger partial charge < -0.3 is 4.90 Å². The van der Waals surface area contributed by atoms with Crippen molar-refractivity contribution in [1.29, 1.82) is 0 Å². The molecular formula is C23H27BrN2O3. The second-order valence-electron chi connectivity index (χ2n) is 9.25. The number of unbranched alkanes of at least 4 members (excludes halogenated alkanes) is 1. The number of nitrogens with zero attached hydrogens (tertiary/aromatic N) is 2. The zero-order valence-electron chi connectivity index (χ0n) is 17.3. The minimum absolute atomic E-state index is 0.0117. The van der Waals surface area contributed by atoms with Gasteiger partial charge in [-0.15, -0.1) is 0 Å². The molecule has 2 saturated heterocycles. The van der Waals surface area contributed by atoms with Gasteiger partial charge in [-0.2, -0.15) is 0 Å². The Balaban J connectivity index is 1.83. The molecule has 0 spiro atoms. The van der Waals surface area contributed by atoms with E-state index in [1.807, 2.05) is 62.9 Å². The smallest absolute Gasteiger partial charge is 0.235 e. The van der Waals surface area contributed by atoms with Crippen LogP contribution in [0.25, 0.3) is 6.08 Å².